The van der Waals surface area contributed by atoms with Gasteiger partial charge in [0.05, 0.1) is 0 Å². The predicted octanol–water partition coefficient (Wildman–Crippen LogP) is 0.588. The van der Waals surface area contributed by atoms with Gasteiger partial charge in [0.1, 0.15) is 0 Å². The molecular formula is C12H16N6O. The van der Waals surface area contributed by atoms with Crippen molar-refractivity contribution in [1.29, 1.82) is 0 Å². The number of anilines is 3. The number of hydrogen-bond donors (Lipinski definition) is 4. The highest BCUT2D eigenvalue weighted by Gasteiger charge is 2.02. The first-order chi connectivity index (χ1) is 9.17. The van der Waals surface area contributed by atoms with Gasteiger partial charge in [0, 0.05) is 18.8 Å². The van der Waals surface area contributed by atoms with E-state index in [1.54, 1.807) is 0 Å². The first kappa shape index (κ1) is 13.0. The smallest absolute Gasteiger partial charge is 0.351 e. The Balaban J connectivity index is 2.17. The van der Waals surface area contributed by atoms with Crippen LogP contribution in [0.25, 0.3) is 0 Å². The molecule has 0 fully saturated rings. The summed E-state index contributed by atoms with van der Waals surface area (Å²) in [6.45, 7) is 2.98. The lowest BCUT2D eigenvalue weighted by Crippen LogP contribution is -2.20. The summed E-state index contributed by atoms with van der Waals surface area (Å²) in [5, 5.41) is 5.87. The number of benzene rings is 1. The van der Waals surface area contributed by atoms with E-state index in [2.05, 4.69) is 25.6 Å². The normalized spacial score (nSPS) is 10.2. The van der Waals surface area contributed by atoms with Crippen molar-refractivity contribution >= 4 is 17.6 Å². The fourth-order valence-electron chi connectivity index (χ4n) is 1.48. The maximum Gasteiger partial charge on any atom is 0.351 e. The van der Waals surface area contributed by atoms with Crippen molar-refractivity contribution in [2.24, 2.45) is 5.73 Å². The first-order valence-electron chi connectivity index (χ1n) is 5.93. The molecule has 7 heteroatoms. The van der Waals surface area contributed by atoms with Crippen LogP contribution in [0.4, 0.5) is 17.6 Å². The minimum atomic E-state index is -0.468. The van der Waals surface area contributed by atoms with Crippen LogP contribution in [0.3, 0.4) is 0 Å². The predicted molar refractivity (Wildman–Crippen MR) is 74.7 cm³/mol. The summed E-state index contributed by atoms with van der Waals surface area (Å²) < 4.78 is 0. The van der Waals surface area contributed by atoms with Crippen LogP contribution in [0.15, 0.2) is 29.1 Å². The number of hydrogen-bond acceptors (Lipinski definition) is 6. The van der Waals surface area contributed by atoms with Crippen molar-refractivity contribution < 1.29 is 0 Å². The third-order valence-corrected chi connectivity index (χ3v) is 2.39. The van der Waals surface area contributed by atoms with Gasteiger partial charge in [-0.15, -0.1) is 0 Å². The second-order valence-corrected chi connectivity index (χ2v) is 4.03. The second-order valence-electron chi connectivity index (χ2n) is 4.03. The quantitative estimate of drug-likeness (QED) is 0.626. The minimum absolute atomic E-state index is 0.243. The number of aromatic amines is 1. The summed E-state index contributed by atoms with van der Waals surface area (Å²) in [7, 11) is 0. The van der Waals surface area contributed by atoms with Crippen LogP contribution in [0.5, 0.6) is 0 Å². The van der Waals surface area contributed by atoms with Crippen molar-refractivity contribution in [3.05, 3.63) is 40.3 Å². The molecule has 0 spiro atoms. The van der Waals surface area contributed by atoms with Crippen molar-refractivity contribution in [2.75, 3.05) is 23.7 Å². The molecule has 19 heavy (non-hydrogen) atoms. The Labute approximate surface area is 110 Å². The largest absolute Gasteiger partial charge is 0.354 e. The van der Waals surface area contributed by atoms with Gasteiger partial charge in [-0.2, -0.15) is 9.97 Å². The van der Waals surface area contributed by atoms with Crippen LogP contribution in [0, 0.1) is 6.92 Å². The van der Waals surface area contributed by atoms with E-state index in [-0.39, 0.29) is 5.95 Å². The van der Waals surface area contributed by atoms with Crippen LogP contribution >= 0.6 is 0 Å². The summed E-state index contributed by atoms with van der Waals surface area (Å²) >= 11 is 0. The topological polar surface area (TPSA) is 109 Å². The number of H-pyrrole nitrogens is 1. The number of nitrogens with two attached hydrogens (primary N) is 1. The Kier molecular flexibility index (Phi) is 4.09. The fraction of sp³-hybridized carbons (Fsp3) is 0.250. The molecule has 0 amide bonds. The summed E-state index contributed by atoms with van der Waals surface area (Å²) in [6.07, 6.45) is 0. The Bertz CT molecular complexity index is 592. The summed E-state index contributed by atoms with van der Waals surface area (Å²) in [4.78, 5) is 21.8. The fourth-order valence-corrected chi connectivity index (χ4v) is 1.48. The van der Waals surface area contributed by atoms with E-state index in [4.69, 9.17) is 5.73 Å². The number of aryl methyl sites for hydroxylation is 1. The van der Waals surface area contributed by atoms with E-state index in [1.165, 1.54) is 0 Å². The highest BCUT2D eigenvalue weighted by Crippen LogP contribution is 2.13. The molecule has 0 aliphatic rings. The van der Waals surface area contributed by atoms with Gasteiger partial charge in [-0.05, 0) is 19.1 Å². The average Bonchev–Trinajstić information content (AvgIpc) is 2.38. The molecule has 0 atom stereocenters. The summed E-state index contributed by atoms with van der Waals surface area (Å²) in [6, 6.07) is 7.71. The van der Waals surface area contributed by atoms with Crippen molar-refractivity contribution in [3.8, 4) is 0 Å². The van der Waals surface area contributed by atoms with Gasteiger partial charge in [0.25, 0.3) is 0 Å². The molecule has 0 aliphatic carbocycles. The maximum absolute atomic E-state index is 11.4. The van der Waals surface area contributed by atoms with E-state index >= 15 is 0 Å². The molecule has 100 valence electrons. The molecule has 2 aromatic rings. The van der Waals surface area contributed by atoms with Crippen LogP contribution in [0.1, 0.15) is 5.56 Å². The monoisotopic (exact) mass is 260 g/mol. The number of nitrogens with zero attached hydrogens (tertiary/aromatic N) is 2. The Hall–Kier alpha value is -2.41. The molecule has 1 heterocycles. The third kappa shape index (κ3) is 3.78. The molecule has 1 aromatic heterocycles. The van der Waals surface area contributed by atoms with Gasteiger partial charge in [0.2, 0.25) is 11.9 Å². The molecular weight excluding hydrogens is 244 g/mol. The average molecular weight is 260 g/mol. The third-order valence-electron chi connectivity index (χ3n) is 2.39. The molecule has 1 aromatic carbocycles. The summed E-state index contributed by atoms with van der Waals surface area (Å²) in [5.74, 6) is 0.590. The highest BCUT2D eigenvalue weighted by atomic mass is 16.1. The second kappa shape index (κ2) is 5.96. The summed E-state index contributed by atoms with van der Waals surface area (Å²) in [5.41, 5.74) is 6.88. The number of nitrogens with one attached hydrogen (secondary N) is 3. The van der Waals surface area contributed by atoms with Gasteiger partial charge in [-0.25, -0.2) is 4.79 Å². The van der Waals surface area contributed by atoms with Crippen LogP contribution < -0.4 is 22.1 Å². The molecule has 0 saturated carbocycles. The van der Waals surface area contributed by atoms with Crippen LogP contribution in [-0.4, -0.2) is 28.0 Å². The lowest BCUT2D eigenvalue weighted by atomic mass is 10.2. The molecule has 0 aliphatic heterocycles. The van der Waals surface area contributed by atoms with Gasteiger partial charge >= 0.3 is 5.69 Å². The van der Waals surface area contributed by atoms with Gasteiger partial charge < -0.3 is 16.4 Å². The molecule has 0 unspecified atom stereocenters. The van der Waals surface area contributed by atoms with Crippen molar-refractivity contribution in [1.82, 2.24) is 15.0 Å². The zero-order valence-corrected chi connectivity index (χ0v) is 10.6. The van der Waals surface area contributed by atoms with Gasteiger partial charge in [-0.3, -0.25) is 4.98 Å². The zero-order valence-electron chi connectivity index (χ0n) is 10.6. The Morgan fingerprint density at radius 2 is 2.00 bits per heavy atom. The van der Waals surface area contributed by atoms with Crippen LogP contribution in [0.2, 0.25) is 0 Å². The minimum Gasteiger partial charge on any atom is -0.354 e. The molecule has 0 saturated heterocycles. The van der Waals surface area contributed by atoms with Gasteiger partial charge in [-0.1, -0.05) is 17.7 Å². The lowest BCUT2D eigenvalue weighted by Gasteiger charge is -2.07. The molecule has 2 rings (SSSR count). The van der Waals surface area contributed by atoms with E-state index in [0.29, 0.717) is 19.0 Å². The van der Waals surface area contributed by atoms with Crippen molar-refractivity contribution in [3.63, 3.8) is 0 Å². The molecule has 5 N–H and O–H groups in total. The van der Waals surface area contributed by atoms with E-state index in [1.807, 2.05) is 31.2 Å². The van der Waals surface area contributed by atoms with E-state index < -0.39 is 5.69 Å². The maximum atomic E-state index is 11.4. The van der Waals surface area contributed by atoms with Crippen molar-refractivity contribution in [2.45, 2.75) is 6.92 Å². The molecule has 0 radical (unpaired) electrons. The highest BCUT2D eigenvalue weighted by molar-refractivity contribution is 5.54. The number of aromatic nitrogens is 3. The Morgan fingerprint density at radius 3 is 2.68 bits per heavy atom. The van der Waals surface area contributed by atoms with E-state index in [0.717, 1.165) is 11.3 Å². The zero-order chi connectivity index (χ0) is 13.7. The first-order valence-corrected chi connectivity index (χ1v) is 5.93. The molecule has 0 bridgehead atoms. The number of rotatable bonds is 5. The lowest BCUT2D eigenvalue weighted by molar-refractivity contribution is 0.946. The standard InChI is InChI=1S/C12H16N6O/c1-8-2-4-9(5-3-8)15-11-16-10(14-7-6-13)17-12(19)18-11/h2-5H,6-7,13H2,1H3,(H3,14,15,16,17,18,19). The Morgan fingerprint density at radius 1 is 1.26 bits per heavy atom. The van der Waals surface area contributed by atoms with E-state index in [9.17, 15) is 4.79 Å². The van der Waals surface area contributed by atoms with Gasteiger partial charge in [0.15, 0.2) is 0 Å². The molecule has 7 nitrogen and oxygen atoms in total. The van der Waals surface area contributed by atoms with Crippen LogP contribution in [-0.2, 0) is 0 Å². The SMILES string of the molecule is Cc1ccc(Nc2nc(NCCN)[nH]c(=O)n2)cc1.